The number of rotatable bonds is 8. The lowest BCUT2D eigenvalue weighted by molar-refractivity contribution is 0.102. The first-order chi connectivity index (χ1) is 16.7. The maximum atomic E-state index is 14.2. The Balaban J connectivity index is 1.68. The number of carbonyl (C=O) groups excluding carboxylic acids is 1. The molecule has 11 heteroatoms. The minimum absolute atomic E-state index is 0.0198. The Kier molecular flexibility index (Phi) is 7.29. The Labute approximate surface area is 206 Å². The number of likely N-dealkylation sites (N-methyl/N-ethyl adjacent to an activating group) is 1. The van der Waals surface area contributed by atoms with Crippen LogP contribution < -0.4 is 21.7 Å². The lowest BCUT2D eigenvalue weighted by Gasteiger charge is -2.31. The number of aryl methyl sites for hydroxylation is 1. The summed E-state index contributed by atoms with van der Waals surface area (Å²) in [5.74, 6) is -2.19. The molecule has 2 heterocycles. The number of nitrogens with one attached hydrogen (secondary N) is 1. The van der Waals surface area contributed by atoms with Crippen LogP contribution in [-0.2, 0) is 12.8 Å². The predicted molar refractivity (Wildman–Crippen MR) is 134 cm³/mol. The van der Waals surface area contributed by atoms with Crippen LogP contribution in [0.5, 0.6) is 0 Å². The average Bonchev–Trinajstić information content (AvgIpc) is 3.44. The summed E-state index contributed by atoms with van der Waals surface area (Å²) in [5, 5.41) is 12.8. The van der Waals surface area contributed by atoms with E-state index in [1.807, 2.05) is 11.8 Å². The Bertz CT molecular complexity index is 1230. The SMILES string of the molecule is CCN(C[C@@H](N)[C@H](C)O)c1c(NC(=O)c2nc(-c3c(F)cccc3F)sc2N)cnc2c1CCC2. The number of carbonyl (C=O) groups is 1. The van der Waals surface area contributed by atoms with Crippen molar-refractivity contribution in [2.75, 3.05) is 29.0 Å². The molecule has 1 aliphatic carbocycles. The number of aliphatic hydroxyl groups excluding tert-OH is 1. The van der Waals surface area contributed by atoms with Crippen molar-refractivity contribution in [3.05, 3.63) is 53.0 Å². The highest BCUT2D eigenvalue weighted by Crippen LogP contribution is 2.38. The first-order valence-corrected chi connectivity index (χ1v) is 12.2. The molecule has 6 N–H and O–H groups in total. The van der Waals surface area contributed by atoms with Crippen molar-refractivity contribution in [1.29, 1.82) is 0 Å². The molecule has 1 amide bonds. The summed E-state index contributed by atoms with van der Waals surface area (Å²) in [4.78, 5) is 23.9. The summed E-state index contributed by atoms with van der Waals surface area (Å²) in [5.41, 5.74) is 15.0. The van der Waals surface area contributed by atoms with Crippen molar-refractivity contribution >= 4 is 33.6 Å². The number of anilines is 3. The Hall–Kier alpha value is -3.15. The Morgan fingerprint density at radius 2 is 2.03 bits per heavy atom. The molecule has 2 atom stereocenters. The number of aliphatic hydroxyl groups is 1. The molecular weight excluding hydrogens is 474 g/mol. The van der Waals surface area contributed by atoms with E-state index in [0.717, 1.165) is 59.7 Å². The zero-order chi connectivity index (χ0) is 25.3. The van der Waals surface area contributed by atoms with Crippen molar-refractivity contribution in [2.24, 2.45) is 5.73 Å². The highest BCUT2D eigenvalue weighted by atomic mass is 32.1. The molecule has 186 valence electrons. The van der Waals surface area contributed by atoms with Crippen LogP contribution in [0.25, 0.3) is 10.6 Å². The summed E-state index contributed by atoms with van der Waals surface area (Å²) in [6.07, 6.45) is 3.48. The Morgan fingerprint density at radius 3 is 2.69 bits per heavy atom. The van der Waals surface area contributed by atoms with Gasteiger partial charge in [0.1, 0.15) is 21.6 Å². The predicted octanol–water partition coefficient (Wildman–Crippen LogP) is 3.34. The van der Waals surface area contributed by atoms with E-state index in [-0.39, 0.29) is 21.3 Å². The maximum absolute atomic E-state index is 14.2. The molecular formula is C24H28F2N6O2S. The number of hydrogen-bond donors (Lipinski definition) is 4. The highest BCUT2D eigenvalue weighted by molar-refractivity contribution is 7.19. The van der Waals surface area contributed by atoms with Gasteiger partial charge < -0.3 is 26.8 Å². The van der Waals surface area contributed by atoms with E-state index in [0.29, 0.717) is 18.8 Å². The van der Waals surface area contributed by atoms with Gasteiger partial charge in [-0.25, -0.2) is 13.8 Å². The number of aromatic nitrogens is 2. The maximum Gasteiger partial charge on any atom is 0.277 e. The molecule has 0 spiro atoms. The summed E-state index contributed by atoms with van der Waals surface area (Å²) >= 11 is 0.837. The van der Waals surface area contributed by atoms with E-state index >= 15 is 0 Å². The van der Waals surface area contributed by atoms with Crippen LogP contribution in [0.4, 0.5) is 25.2 Å². The molecule has 8 nitrogen and oxygen atoms in total. The monoisotopic (exact) mass is 502 g/mol. The minimum Gasteiger partial charge on any atom is -0.392 e. The van der Waals surface area contributed by atoms with Crippen LogP contribution in [-0.4, -0.2) is 46.2 Å². The van der Waals surface area contributed by atoms with Crippen LogP contribution in [0, 0.1) is 11.6 Å². The summed E-state index contributed by atoms with van der Waals surface area (Å²) in [7, 11) is 0. The number of amides is 1. The molecule has 1 aromatic carbocycles. The van der Waals surface area contributed by atoms with E-state index in [9.17, 15) is 18.7 Å². The number of thiazole rings is 1. The molecule has 2 aromatic heterocycles. The third-order valence-corrected chi connectivity index (χ3v) is 7.02. The van der Waals surface area contributed by atoms with Crippen molar-refractivity contribution in [3.8, 4) is 10.6 Å². The summed E-state index contributed by atoms with van der Waals surface area (Å²) in [6, 6.07) is 3.01. The van der Waals surface area contributed by atoms with Crippen molar-refractivity contribution in [2.45, 2.75) is 45.3 Å². The molecule has 0 saturated heterocycles. The molecule has 0 fully saturated rings. The first-order valence-electron chi connectivity index (χ1n) is 11.4. The van der Waals surface area contributed by atoms with Crippen molar-refractivity contribution in [3.63, 3.8) is 0 Å². The zero-order valence-electron chi connectivity index (χ0n) is 19.5. The van der Waals surface area contributed by atoms with Gasteiger partial charge in [0, 0.05) is 24.8 Å². The second-order valence-corrected chi connectivity index (χ2v) is 9.56. The number of nitrogens with zero attached hydrogens (tertiary/aromatic N) is 3. The van der Waals surface area contributed by atoms with E-state index in [2.05, 4.69) is 15.3 Å². The first kappa shape index (κ1) is 25.0. The molecule has 1 aliphatic rings. The van der Waals surface area contributed by atoms with Gasteiger partial charge in [-0.2, -0.15) is 0 Å². The van der Waals surface area contributed by atoms with Crippen LogP contribution in [0.15, 0.2) is 24.4 Å². The summed E-state index contributed by atoms with van der Waals surface area (Å²) in [6.45, 7) is 4.58. The number of pyridine rings is 1. The molecule has 0 radical (unpaired) electrons. The van der Waals surface area contributed by atoms with Gasteiger partial charge in [0.2, 0.25) is 0 Å². The zero-order valence-corrected chi connectivity index (χ0v) is 20.3. The van der Waals surface area contributed by atoms with Crippen molar-refractivity contribution < 1.29 is 18.7 Å². The van der Waals surface area contributed by atoms with Gasteiger partial charge in [-0.15, -0.1) is 0 Å². The van der Waals surface area contributed by atoms with Crippen LogP contribution in [0.3, 0.4) is 0 Å². The van der Waals surface area contributed by atoms with E-state index in [4.69, 9.17) is 11.5 Å². The fourth-order valence-corrected chi connectivity index (χ4v) is 5.09. The third-order valence-electron chi connectivity index (χ3n) is 6.12. The van der Waals surface area contributed by atoms with Gasteiger partial charge in [0.25, 0.3) is 5.91 Å². The average molecular weight is 503 g/mol. The molecule has 0 unspecified atom stereocenters. The lowest BCUT2D eigenvalue weighted by Crippen LogP contribution is -2.44. The van der Waals surface area contributed by atoms with Gasteiger partial charge in [0.05, 0.1) is 29.2 Å². The quantitative estimate of drug-likeness (QED) is 0.372. The highest BCUT2D eigenvalue weighted by Gasteiger charge is 2.27. The number of fused-ring (bicyclic) bond motifs is 1. The Morgan fingerprint density at radius 1 is 1.31 bits per heavy atom. The van der Waals surface area contributed by atoms with Gasteiger partial charge in [-0.1, -0.05) is 17.4 Å². The van der Waals surface area contributed by atoms with Crippen LogP contribution in [0.2, 0.25) is 0 Å². The van der Waals surface area contributed by atoms with Gasteiger partial charge >= 0.3 is 0 Å². The molecule has 3 aromatic rings. The van der Waals surface area contributed by atoms with E-state index in [1.54, 1.807) is 13.1 Å². The lowest BCUT2D eigenvalue weighted by atomic mass is 10.1. The fourth-order valence-electron chi connectivity index (χ4n) is 4.21. The van der Waals surface area contributed by atoms with E-state index in [1.165, 1.54) is 6.07 Å². The second kappa shape index (κ2) is 10.2. The van der Waals surface area contributed by atoms with Crippen LogP contribution in [0.1, 0.15) is 42.0 Å². The van der Waals surface area contributed by atoms with Crippen molar-refractivity contribution in [1.82, 2.24) is 9.97 Å². The van der Waals surface area contributed by atoms with Crippen LogP contribution >= 0.6 is 11.3 Å². The number of nitrogen functional groups attached to an aromatic ring is 1. The molecule has 0 bridgehead atoms. The van der Waals surface area contributed by atoms with Gasteiger partial charge in [0.15, 0.2) is 5.69 Å². The fraction of sp³-hybridized carbons (Fsp3) is 0.375. The molecule has 0 aliphatic heterocycles. The number of benzene rings is 1. The van der Waals surface area contributed by atoms with Gasteiger partial charge in [-0.3, -0.25) is 9.78 Å². The molecule has 4 rings (SSSR count). The van der Waals surface area contributed by atoms with Gasteiger partial charge in [-0.05, 0) is 50.8 Å². The smallest absolute Gasteiger partial charge is 0.277 e. The normalized spacial score (nSPS) is 14.5. The summed E-state index contributed by atoms with van der Waals surface area (Å²) < 4.78 is 28.5. The molecule has 0 saturated carbocycles. The van der Waals surface area contributed by atoms with E-state index < -0.39 is 29.7 Å². The molecule has 35 heavy (non-hydrogen) atoms. The number of nitrogens with two attached hydrogens (primary N) is 2. The number of halogens is 2. The largest absolute Gasteiger partial charge is 0.392 e. The minimum atomic E-state index is -0.788. The topological polar surface area (TPSA) is 130 Å². The number of hydrogen-bond acceptors (Lipinski definition) is 8. The third kappa shape index (κ3) is 4.97. The second-order valence-electron chi connectivity index (χ2n) is 8.53. The standard InChI is InChI=1S/C24H28F2N6O2S/c1-3-32(11-16(27)12(2)33)21-13-6-4-9-17(13)29-10-18(21)30-23(34)20-22(28)35-24(31-20)19-14(25)7-5-8-15(19)26/h5,7-8,10,12,16,33H,3-4,6,9,11,27-28H2,1-2H3,(H,30,34)/t12-,16+/m0/s1.